The maximum absolute atomic E-state index is 12.0. The van der Waals surface area contributed by atoms with Gasteiger partial charge in [-0.05, 0) is 44.8 Å². The van der Waals surface area contributed by atoms with Crippen LogP contribution in [-0.2, 0) is 0 Å². The molecule has 1 aromatic rings. The molecule has 3 N–H and O–H groups in total. The van der Waals surface area contributed by atoms with Gasteiger partial charge in [0.2, 0.25) is 5.56 Å². The summed E-state index contributed by atoms with van der Waals surface area (Å²) < 4.78 is 0. The monoisotopic (exact) mass is 285 g/mol. The Labute approximate surface area is 118 Å². The van der Waals surface area contributed by atoms with Crippen molar-refractivity contribution in [2.75, 3.05) is 13.1 Å². The summed E-state index contributed by atoms with van der Waals surface area (Å²) in [7, 11) is 0. The van der Waals surface area contributed by atoms with Crippen LogP contribution >= 0.6 is 12.4 Å². The number of nitrogens with one attached hydrogen (secondary N) is 3. The summed E-state index contributed by atoms with van der Waals surface area (Å²) >= 11 is 0. The maximum atomic E-state index is 12.0. The summed E-state index contributed by atoms with van der Waals surface area (Å²) in [5.74, 6) is 0.281. The van der Waals surface area contributed by atoms with Gasteiger partial charge in [-0.2, -0.15) is 0 Å². The first-order valence-electron chi connectivity index (χ1n) is 6.37. The fraction of sp³-hybridized carbons (Fsp3) is 0.538. The van der Waals surface area contributed by atoms with Crippen molar-refractivity contribution in [2.24, 2.45) is 5.92 Å². The topological polar surface area (TPSA) is 74.0 Å². The lowest BCUT2D eigenvalue weighted by molar-refractivity contribution is 0.0921. The molecule has 1 amide bonds. The van der Waals surface area contributed by atoms with Gasteiger partial charge in [-0.3, -0.25) is 9.59 Å². The molecule has 1 aliphatic rings. The van der Waals surface area contributed by atoms with E-state index in [-0.39, 0.29) is 29.9 Å². The van der Waals surface area contributed by atoms with Crippen LogP contribution in [0.15, 0.2) is 23.1 Å². The standard InChI is InChI=1S/C13H19N3O2.ClH/c1-9(11-3-2-5-14-8-11)16-13(18)10-4-6-15-12(17)7-10;/h4,6-7,9,11,14H,2-3,5,8H2,1H3,(H,15,17)(H,16,18);1H. The largest absolute Gasteiger partial charge is 0.349 e. The molecular weight excluding hydrogens is 266 g/mol. The molecule has 1 fully saturated rings. The van der Waals surface area contributed by atoms with Crippen molar-refractivity contribution in [2.45, 2.75) is 25.8 Å². The zero-order chi connectivity index (χ0) is 13.0. The van der Waals surface area contributed by atoms with E-state index < -0.39 is 0 Å². The Morgan fingerprint density at radius 2 is 2.32 bits per heavy atom. The molecule has 106 valence electrons. The average molecular weight is 286 g/mol. The molecule has 0 saturated carbocycles. The number of piperidine rings is 1. The zero-order valence-corrected chi connectivity index (χ0v) is 11.8. The van der Waals surface area contributed by atoms with E-state index in [0.717, 1.165) is 25.9 Å². The lowest BCUT2D eigenvalue weighted by Gasteiger charge is -2.28. The van der Waals surface area contributed by atoms with Crippen LogP contribution in [0.4, 0.5) is 0 Å². The summed E-state index contributed by atoms with van der Waals surface area (Å²) in [6.45, 7) is 4.02. The smallest absolute Gasteiger partial charge is 0.251 e. The molecule has 1 saturated heterocycles. The molecule has 2 atom stereocenters. The van der Waals surface area contributed by atoms with Gasteiger partial charge in [-0.25, -0.2) is 0 Å². The number of hydrogen-bond donors (Lipinski definition) is 3. The summed E-state index contributed by atoms with van der Waals surface area (Å²) in [5.41, 5.74) is 0.156. The summed E-state index contributed by atoms with van der Waals surface area (Å²) in [4.78, 5) is 25.6. The van der Waals surface area contributed by atoms with Gasteiger partial charge in [0.05, 0.1) is 0 Å². The van der Waals surface area contributed by atoms with Crippen LogP contribution in [0.25, 0.3) is 0 Å². The number of aromatic nitrogens is 1. The third kappa shape index (κ3) is 4.36. The number of amides is 1. The number of carbonyl (C=O) groups is 1. The lowest BCUT2D eigenvalue weighted by atomic mass is 9.92. The van der Waals surface area contributed by atoms with E-state index >= 15 is 0 Å². The molecule has 0 aromatic carbocycles. The minimum absolute atomic E-state index is 0. The van der Waals surface area contributed by atoms with Gasteiger partial charge in [-0.1, -0.05) is 0 Å². The highest BCUT2D eigenvalue weighted by Gasteiger charge is 2.21. The number of pyridine rings is 1. The predicted octanol–water partition coefficient (Wildman–Crippen LogP) is 0.915. The van der Waals surface area contributed by atoms with Gasteiger partial charge in [-0.15, -0.1) is 12.4 Å². The van der Waals surface area contributed by atoms with Crippen molar-refractivity contribution in [1.29, 1.82) is 0 Å². The SMILES string of the molecule is CC(NC(=O)c1cc[nH]c(=O)c1)C1CCCNC1.Cl. The molecule has 5 nitrogen and oxygen atoms in total. The molecule has 1 aliphatic heterocycles. The summed E-state index contributed by atoms with van der Waals surface area (Å²) in [5, 5.41) is 6.29. The Kier molecular flexibility index (Phi) is 6.05. The number of aromatic amines is 1. The van der Waals surface area contributed by atoms with E-state index in [4.69, 9.17) is 0 Å². The van der Waals surface area contributed by atoms with E-state index in [0.29, 0.717) is 11.5 Å². The van der Waals surface area contributed by atoms with Gasteiger partial charge in [0.1, 0.15) is 0 Å². The fourth-order valence-electron chi connectivity index (χ4n) is 2.30. The van der Waals surface area contributed by atoms with Crippen molar-refractivity contribution in [3.63, 3.8) is 0 Å². The predicted molar refractivity (Wildman–Crippen MR) is 76.8 cm³/mol. The van der Waals surface area contributed by atoms with E-state index in [1.165, 1.54) is 12.3 Å². The Morgan fingerprint density at radius 1 is 1.53 bits per heavy atom. The Hall–Kier alpha value is -1.33. The highest BCUT2D eigenvalue weighted by Crippen LogP contribution is 2.14. The second kappa shape index (κ2) is 7.31. The second-order valence-electron chi connectivity index (χ2n) is 4.81. The first-order valence-corrected chi connectivity index (χ1v) is 6.37. The number of rotatable bonds is 3. The lowest BCUT2D eigenvalue weighted by Crippen LogP contribution is -2.44. The number of carbonyl (C=O) groups excluding carboxylic acids is 1. The quantitative estimate of drug-likeness (QED) is 0.773. The highest BCUT2D eigenvalue weighted by atomic mass is 35.5. The Bertz CT molecular complexity index is 469. The van der Waals surface area contributed by atoms with Gasteiger partial charge in [0.15, 0.2) is 0 Å². The molecule has 19 heavy (non-hydrogen) atoms. The van der Waals surface area contributed by atoms with Gasteiger partial charge in [0, 0.05) is 23.9 Å². The van der Waals surface area contributed by atoms with Gasteiger partial charge < -0.3 is 15.6 Å². The van der Waals surface area contributed by atoms with Gasteiger partial charge >= 0.3 is 0 Å². The molecule has 1 aromatic heterocycles. The van der Waals surface area contributed by atoms with Crippen LogP contribution in [0.2, 0.25) is 0 Å². The van der Waals surface area contributed by atoms with Crippen molar-refractivity contribution in [1.82, 2.24) is 15.6 Å². The van der Waals surface area contributed by atoms with E-state index in [2.05, 4.69) is 15.6 Å². The minimum Gasteiger partial charge on any atom is -0.349 e. The third-order valence-electron chi connectivity index (χ3n) is 3.44. The van der Waals surface area contributed by atoms with Crippen LogP contribution in [0.1, 0.15) is 30.1 Å². The van der Waals surface area contributed by atoms with E-state index in [1.54, 1.807) is 6.07 Å². The maximum Gasteiger partial charge on any atom is 0.251 e. The molecule has 2 unspecified atom stereocenters. The van der Waals surface area contributed by atoms with Crippen molar-refractivity contribution < 1.29 is 4.79 Å². The van der Waals surface area contributed by atoms with Crippen LogP contribution < -0.4 is 16.2 Å². The van der Waals surface area contributed by atoms with Crippen molar-refractivity contribution >= 4 is 18.3 Å². The number of hydrogen-bond acceptors (Lipinski definition) is 3. The summed E-state index contributed by atoms with van der Waals surface area (Å²) in [6, 6.07) is 3.05. The van der Waals surface area contributed by atoms with Crippen LogP contribution in [-0.4, -0.2) is 30.0 Å². The average Bonchev–Trinajstić information content (AvgIpc) is 2.39. The van der Waals surface area contributed by atoms with E-state index in [9.17, 15) is 9.59 Å². The zero-order valence-electron chi connectivity index (χ0n) is 10.9. The number of H-pyrrole nitrogens is 1. The second-order valence-corrected chi connectivity index (χ2v) is 4.81. The summed E-state index contributed by atoms with van der Waals surface area (Å²) in [6.07, 6.45) is 3.77. The first-order chi connectivity index (χ1) is 8.66. The third-order valence-corrected chi connectivity index (χ3v) is 3.44. The Morgan fingerprint density at radius 3 is 2.95 bits per heavy atom. The highest BCUT2D eigenvalue weighted by molar-refractivity contribution is 5.94. The van der Waals surface area contributed by atoms with Crippen LogP contribution in [0.3, 0.4) is 0 Å². The molecule has 6 heteroatoms. The van der Waals surface area contributed by atoms with Crippen molar-refractivity contribution in [3.8, 4) is 0 Å². The number of halogens is 1. The molecule has 2 rings (SSSR count). The first kappa shape index (κ1) is 15.7. The molecule has 0 radical (unpaired) electrons. The Balaban J connectivity index is 0.00000180. The van der Waals surface area contributed by atoms with Crippen LogP contribution in [0, 0.1) is 5.92 Å². The minimum atomic E-state index is -0.255. The van der Waals surface area contributed by atoms with Gasteiger partial charge in [0.25, 0.3) is 5.91 Å². The van der Waals surface area contributed by atoms with E-state index in [1.807, 2.05) is 6.92 Å². The molecule has 0 aliphatic carbocycles. The fourth-order valence-corrected chi connectivity index (χ4v) is 2.30. The molecule has 2 heterocycles. The molecule has 0 spiro atoms. The normalized spacial score (nSPS) is 20.2. The van der Waals surface area contributed by atoms with Crippen molar-refractivity contribution in [3.05, 3.63) is 34.2 Å². The van der Waals surface area contributed by atoms with Crippen LogP contribution in [0.5, 0.6) is 0 Å². The molecule has 0 bridgehead atoms. The molecular formula is C13H20ClN3O2.